The Balaban J connectivity index is 1.95. The van der Waals surface area contributed by atoms with Crippen molar-refractivity contribution in [2.45, 2.75) is 44.1 Å². The molecule has 1 aromatic heterocycles. The number of H-pyrrole nitrogens is 1. The van der Waals surface area contributed by atoms with Crippen LogP contribution in [0.3, 0.4) is 0 Å². The van der Waals surface area contributed by atoms with Crippen LogP contribution < -0.4 is 5.73 Å². The summed E-state index contributed by atoms with van der Waals surface area (Å²) >= 11 is 0. The van der Waals surface area contributed by atoms with E-state index in [-0.39, 0.29) is 6.04 Å². The van der Waals surface area contributed by atoms with Crippen LogP contribution in [0.15, 0.2) is 6.20 Å². The molecule has 0 saturated heterocycles. The third-order valence-electron chi connectivity index (χ3n) is 3.39. The molecule has 90 valence electrons. The Morgan fingerprint density at radius 3 is 3.00 bits per heavy atom. The smallest absolute Gasteiger partial charge is 0.123 e. The quantitative estimate of drug-likeness (QED) is 0.803. The summed E-state index contributed by atoms with van der Waals surface area (Å²) in [6, 6.07) is -0.0323. The molecule has 4 nitrogen and oxygen atoms in total. The van der Waals surface area contributed by atoms with Crippen molar-refractivity contribution in [3.8, 4) is 0 Å². The summed E-state index contributed by atoms with van der Waals surface area (Å²) in [7, 11) is 1.69. The molecule has 1 aliphatic rings. The maximum absolute atomic E-state index is 6.02. The van der Waals surface area contributed by atoms with E-state index in [1.165, 1.54) is 31.4 Å². The Bertz CT molecular complexity index is 318. The van der Waals surface area contributed by atoms with Crippen molar-refractivity contribution in [1.82, 2.24) is 9.97 Å². The SMILES string of the molecule is COCCC(N)c1ncc(C2CCCC2)[nH]1. The van der Waals surface area contributed by atoms with Gasteiger partial charge in [0.15, 0.2) is 0 Å². The van der Waals surface area contributed by atoms with Crippen molar-refractivity contribution in [3.63, 3.8) is 0 Å². The van der Waals surface area contributed by atoms with Gasteiger partial charge in [-0.05, 0) is 19.3 Å². The summed E-state index contributed by atoms with van der Waals surface area (Å²) in [5.41, 5.74) is 7.28. The fourth-order valence-corrected chi connectivity index (χ4v) is 2.37. The first-order valence-corrected chi connectivity index (χ1v) is 6.10. The van der Waals surface area contributed by atoms with Crippen LogP contribution in [-0.4, -0.2) is 23.7 Å². The second-order valence-corrected chi connectivity index (χ2v) is 4.59. The number of imidazole rings is 1. The Morgan fingerprint density at radius 2 is 2.31 bits per heavy atom. The van der Waals surface area contributed by atoms with Gasteiger partial charge in [-0.2, -0.15) is 0 Å². The molecule has 16 heavy (non-hydrogen) atoms. The number of hydrogen-bond donors (Lipinski definition) is 2. The average Bonchev–Trinajstić information content (AvgIpc) is 2.94. The third kappa shape index (κ3) is 2.62. The van der Waals surface area contributed by atoms with E-state index in [0.29, 0.717) is 12.5 Å². The molecule has 0 aromatic carbocycles. The molecule has 0 aliphatic heterocycles. The molecule has 0 amide bonds. The van der Waals surface area contributed by atoms with E-state index in [2.05, 4.69) is 9.97 Å². The number of nitrogens with two attached hydrogens (primary N) is 1. The van der Waals surface area contributed by atoms with Gasteiger partial charge in [0.25, 0.3) is 0 Å². The molecule has 1 fully saturated rings. The Morgan fingerprint density at radius 1 is 1.56 bits per heavy atom. The normalized spacial score (nSPS) is 19.1. The predicted molar refractivity (Wildman–Crippen MR) is 63.2 cm³/mol. The maximum Gasteiger partial charge on any atom is 0.123 e. The van der Waals surface area contributed by atoms with E-state index < -0.39 is 0 Å². The van der Waals surface area contributed by atoms with Gasteiger partial charge in [0.05, 0.1) is 6.04 Å². The molecule has 1 saturated carbocycles. The number of hydrogen-bond acceptors (Lipinski definition) is 3. The van der Waals surface area contributed by atoms with Crippen LogP contribution in [0.4, 0.5) is 0 Å². The lowest BCUT2D eigenvalue weighted by molar-refractivity contribution is 0.187. The lowest BCUT2D eigenvalue weighted by Gasteiger charge is -2.08. The van der Waals surface area contributed by atoms with Gasteiger partial charge in [0.1, 0.15) is 5.82 Å². The van der Waals surface area contributed by atoms with Crippen LogP contribution in [0.2, 0.25) is 0 Å². The molecule has 0 bridgehead atoms. The lowest BCUT2D eigenvalue weighted by Crippen LogP contribution is -2.14. The Hall–Kier alpha value is -0.870. The molecule has 3 N–H and O–H groups in total. The lowest BCUT2D eigenvalue weighted by atomic mass is 10.1. The number of ether oxygens (including phenoxy) is 1. The van der Waals surface area contributed by atoms with Crippen molar-refractivity contribution in [3.05, 3.63) is 17.7 Å². The number of nitrogens with zero attached hydrogens (tertiary/aromatic N) is 1. The van der Waals surface area contributed by atoms with Crippen molar-refractivity contribution in [1.29, 1.82) is 0 Å². The summed E-state index contributed by atoms with van der Waals surface area (Å²) in [5.74, 6) is 1.58. The topological polar surface area (TPSA) is 63.9 Å². The van der Waals surface area contributed by atoms with Gasteiger partial charge in [-0.25, -0.2) is 4.98 Å². The molecular formula is C12H21N3O. The van der Waals surface area contributed by atoms with Crippen LogP contribution in [0, 0.1) is 0 Å². The minimum absolute atomic E-state index is 0.0323. The van der Waals surface area contributed by atoms with Crippen molar-refractivity contribution in [2.24, 2.45) is 5.73 Å². The van der Waals surface area contributed by atoms with Crippen LogP contribution >= 0.6 is 0 Å². The minimum Gasteiger partial charge on any atom is -0.385 e. The summed E-state index contributed by atoms with van der Waals surface area (Å²) in [6.45, 7) is 0.681. The summed E-state index contributed by atoms with van der Waals surface area (Å²) in [5, 5.41) is 0. The van der Waals surface area contributed by atoms with Gasteiger partial charge in [0.2, 0.25) is 0 Å². The number of aromatic nitrogens is 2. The van der Waals surface area contributed by atoms with E-state index in [9.17, 15) is 0 Å². The molecule has 1 aliphatic carbocycles. The van der Waals surface area contributed by atoms with Crippen molar-refractivity contribution in [2.75, 3.05) is 13.7 Å². The standard InChI is InChI=1S/C12H21N3O/c1-16-7-6-10(13)12-14-8-11(15-12)9-4-2-3-5-9/h8-10H,2-7,13H2,1H3,(H,14,15). The van der Waals surface area contributed by atoms with Gasteiger partial charge in [-0.3, -0.25) is 0 Å². The average molecular weight is 223 g/mol. The number of methoxy groups -OCH3 is 1. The zero-order valence-electron chi connectivity index (χ0n) is 9.91. The zero-order valence-corrected chi connectivity index (χ0v) is 9.91. The first-order chi connectivity index (χ1) is 7.81. The van der Waals surface area contributed by atoms with Crippen LogP contribution in [0.5, 0.6) is 0 Å². The van der Waals surface area contributed by atoms with Crippen LogP contribution in [0.1, 0.15) is 55.6 Å². The highest BCUT2D eigenvalue weighted by molar-refractivity contribution is 5.10. The van der Waals surface area contributed by atoms with E-state index in [0.717, 1.165) is 12.2 Å². The van der Waals surface area contributed by atoms with Crippen LogP contribution in [-0.2, 0) is 4.74 Å². The molecule has 1 heterocycles. The first kappa shape index (κ1) is 11.6. The summed E-state index contributed by atoms with van der Waals surface area (Å²) in [4.78, 5) is 7.75. The predicted octanol–water partition coefficient (Wildman–Crippen LogP) is 2.10. The largest absolute Gasteiger partial charge is 0.385 e. The molecule has 1 atom stereocenters. The van der Waals surface area contributed by atoms with Gasteiger partial charge in [-0.1, -0.05) is 12.8 Å². The first-order valence-electron chi connectivity index (χ1n) is 6.10. The van der Waals surface area contributed by atoms with E-state index in [1.54, 1.807) is 7.11 Å². The highest BCUT2D eigenvalue weighted by Gasteiger charge is 2.20. The highest BCUT2D eigenvalue weighted by Crippen LogP contribution is 2.33. The number of rotatable bonds is 5. The Kier molecular flexibility index (Phi) is 3.96. The fraction of sp³-hybridized carbons (Fsp3) is 0.750. The number of aromatic amines is 1. The van der Waals surface area contributed by atoms with E-state index >= 15 is 0 Å². The summed E-state index contributed by atoms with van der Waals surface area (Å²) in [6.07, 6.45) is 8.03. The molecule has 2 rings (SSSR count). The monoisotopic (exact) mass is 223 g/mol. The van der Waals surface area contributed by atoms with Gasteiger partial charge in [0, 0.05) is 31.5 Å². The van der Waals surface area contributed by atoms with Gasteiger partial charge >= 0.3 is 0 Å². The van der Waals surface area contributed by atoms with E-state index in [4.69, 9.17) is 10.5 Å². The molecule has 1 unspecified atom stereocenters. The summed E-state index contributed by atoms with van der Waals surface area (Å²) < 4.78 is 5.02. The van der Waals surface area contributed by atoms with Crippen molar-refractivity contribution >= 4 is 0 Å². The van der Waals surface area contributed by atoms with Crippen LogP contribution in [0.25, 0.3) is 0 Å². The second kappa shape index (κ2) is 5.46. The molecular weight excluding hydrogens is 202 g/mol. The van der Waals surface area contributed by atoms with Crippen molar-refractivity contribution < 1.29 is 4.74 Å². The molecule has 1 aromatic rings. The molecule has 4 heteroatoms. The Labute approximate surface area is 96.6 Å². The third-order valence-corrected chi connectivity index (χ3v) is 3.39. The highest BCUT2D eigenvalue weighted by atomic mass is 16.5. The van der Waals surface area contributed by atoms with E-state index in [1.807, 2.05) is 6.20 Å². The second-order valence-electron chi connectivity index (χ2n) is 4.59. The maximum atomic E-state index is 6.02. The van der Waals surface area contributed by atoms with Gasteiger partial charge in [-0.15, -0.1) is 0 Å². The fourth-order valence-electron chi connectivity index (χ4n) is 2.37. The van der Waals surface area contributed by atoms with Gasteiger partial charge < -0.3 is 15.5 Å². The minimum atomic E-state index is -0.0323. The zero-order chi connectivity index (χ0) is 11.4. The molecule has 0 radical (unpaired) electrons. The number of nitrogens with one attached hydrogen (secondary N) is 1. The molecule has 0 spiro atoms.